The summed E-state index contributed by atoms with van der Waals surface area (Å²) in [6.45, 7) is 16.3. The Morgan fingerprint density at radius 3 is 2.13 bits per heavy atom. The highest BCUT2D eigenvalue weighted by Crippen LogP contribution is 2.31. The Balaban J connectivity index is 3.79. The lowest BCUT2D eigenvalue weighted by molar-refractivity contribution is 0.199. The van der Waals surface area contributed by atoms with Crippen molar-refractivity contribution in [3.8, 4) is 0 Å². The van der Waals surface area contributed by atoms with Gasteiger partial charge in [0.25, 0.3) is 0 Å². The lowest BCUT2D eigenvalue weighted by Crippen LogP contribution is -2.33. The number of rotatable bonds is 8. The summed E-state index contributed by atoms with van der Waals surface area (Å²) in [5, 5.41) is 3.57. The van der Waals surface area contributed by atoms with Gasteiger partial charge >= 0.3 is 0 Å². The molecule has 1 unspecified atom stereocenters. The van der Waals surface area contributed by atoms with Crippen LogP contribution in [0, 0.1) is 17.3 Å². The Hall–Kier alpha value is -0.0400. The fourth-order valence-electron chi connectivity index (χ4n) is 1.74. The molecule has 0 amide bonds. The lowest BCUT2D eigenvalue weighted by Gasteiger charge is -2.32. The molecule has 92 valence electrons. The summed E-state index contributed by atoms with van der Waals surface area (Å²) in [5.74, 6) is 1.53. The van der Waals surface area contributed by atoms with Crippen molar-refractivity contribution in [1.29, 1.82) is 0 Å². The zero-order valence-electron chi connectivity index (χ0n) is 11.7. The second-order valence-corrected chi connectivity index (χ2v) is 6.05. The van der Waals surface area contributed by atoms with Crippen LogP contribution in [0.15, 0.2) is 0 Å². The van der Waals surface area contributed by atoms with Crippen LogP contribution in [0.2, 0.25) is 0 Å². The molecule has 1 nitrogen and oxygen atoms in total. The minimum atomic E-state index is 0.486. The highest BCUT2D eigenvalue weighted by Gasteiger charge is 2.24. The quantitative estimate of drug-likeness (QED) is 0.640. The van der Waals surface area contributed by atoms with Crippen LogP contribution in [0.3, 0.4) is 0 Å². The average Bonchev–Trinajstić information content (AvgIpc) is 2.14. The summed E-state index contributed by atoms with van der Waals surface area (Å²) in [4.78, 5) is 0. The summed E-state index contributed by atoms with van der Waals surface area (Å²) in [7, 11) is 0. The van der Waals surface area contributed by atoms with Gasteiger partial charge < -0.3 is 5.32 Å². The Kier molecular flexibility index (Phi) is 7.25. The number of hydrogen-bond donors (Lipinski definition) is 1. The molecule has 15 heavy (non-hydrogen) atoms. The van der Waals surface area contributed by atoms with Crippen LogP contribution in [-0.4, -0.2) is 13.1 Å². The van der Waals surface area contributed by atoms with E-state index in [1.54, 1.807) is 0 Å². The third-order valence-electron chi connectivity index (χ3n) is 3.51. The molecule has 0 saturated heterocycles. The van der Waals surface area contributed by atoms with Crippen molar-refractivity contribution in [2.24, 2.45) is 17.3 Å². The van der Waals surface area contributed by atoms with Gasteiger partial charge in [0.15, 0.2) is 0 Å². The molecule has 0 aliphatic rings. The molecule has 0 rings (SSSR count). The zero-order valence-corrected chi connectivity index (χ0v) is 11.7. The van der Waals surface area contributed by atoms with Gasteiger partial charge in [-0.05, 0) is 36.8 Å². The largest absolute Gasteiger partial charge is 0.316 e. The molecule has 0 bridgehead atoms. The van der Waals surface area contributed by atoms with Gasteiger partial charge in [-0.1, -0.05) is 54.4 Å². The summed E-state index contributed by atoms with van der Waals surface area (Å²) in [5.41, 5.74) is 0.486. The molecule has 0 aliphatic carbocycles. The maximum Gasteiger partial charge on any atom is -0.00179 e. The monoisotopic (exact) mass is 213 g/mol. The molecule has 0 aromatic heterocycles. The van der Waals surface area contributed by atoms with Crippen molar-refractivity contribution in [2.45, 2.75) is 60.8 Å². The molecule has 0 spiro atoms. The first-order valence-electron chi connectivity index (χ1n) is 6.60. The molecule has 1 N–H and O–H groups in total. The van der Waals surface area contributed by atoms with Crippen LogP contribution in [0.25, 0.3) is 0 Å². The van der Waals surface area contributed by atoms with E-state index in [9.17, 15) is 0 Å². The van der Waals surface area contributed by atoms with Crippen LogP contribution in [-0.2, 0) is 0 Å². The number of unbranched alkanes of at least 4 members (excludes halogenated alkanes) is 1. The first-order valence-corrected chi connectivity index (χ1v) is 6.60. The minimum Gasteiger partial charge on any atom is -0.316 e. The maximum absolute atomic E-state index is 3.57. The molecule has 0 heterocycles. The van der Waals surface area contributed by atoms with E-state index in [2.05, 4.69) is 46.9 Å². The molecule has 1 heteroatoms. The molecule has 0 aromatic rings. The van der Waals surface area contributed by atoms with Gasteiger partial charge in [-0.2, -0.15) is 0 Å². The molecular formula is C14H31N. The molecule has 0 fully saturated rings. The van der Waals surface area contributed by atoms with Crippen LogP contribution >= 0.6 is 0 Å². The topological polar surface area (TPSA) is 12.0 Å². The van der Waals surface area contributed by atoms with E-state index in [-0.39, 0.29) is 0 Å². The predicted octanol–water partition coefficient (Wildman–Crippen LogP) is 4.08. The van der Waals surface area contributed by atoms with Gasteiger partial charge in [0, 0.05) is 0 Å². The maximum atomic E-state index is 3.57. The summed E-state index contributed by atoms with van der Waals surface area (Å²) in [6.07, 6.45) is 4.03. The standard InChI is InChI=1S/C14H31N/c1-7-8-9-14(5,6)13(4)11-15-10-12(2)3/h12-13,15H,7-11H2,1-6H3. The molecule has 0 saturated carbocycles. The predicted molar refractivity (Wildman–Crippen MR) is 70.2 cm³/mol. The van der Waals surface area contributed by atoms with Crippen molar-refractivity contribution in [3.63, 3.8) is 0 Å². The molecule has 1 atom stereocenters. The van der Waals surface area contributed by atoms with E-state index in [1.165, 1.54) is 19.3 Å². The van der Waals surface area contributed by atoms with Gasteiger partial charge in [0.1, 0.15) is 0 Å². The van der Waals surface area contributed by atoms with Crippen molar-refractivity contribution < 1.29 is 0 Å². The Bertz CT molecular complexity index is 149. The van der Waals surface area contributed by atoms with Gasteiger partial charge in [0.2, 0.25) is 0 Å². The van der Waals surface area contributed by atoms with Crippen molar-refractivity contribution in [2.75, 3.05) is 13.1 Å². The summed E-state index contributed by atoms with van der Waals surface area (Å²) < 4.78 is 0. The van der Waals surface area contributed by atoms with Crippen LogP contribution < -0.4 is 5.32 Å². The smallest absolute Gasteiger partial charge is 0.00179 e. The van der Waals surface area contributed by atoms with E-state index in [4.69, 9.17) is 0 Å². The van der Waals surface area contributed by atoms with Gasteiger partial charge in [-0.15, -0.1) is 0 Å². The second kappa shape index (κ2) is 7.27. The summed E-state index contributed by atoms with van der Waals surface area (Å²) in [6, 6.07) is 0. The Labute approximate surface area is 97.0 Å². The fourth-order valence-corrected chi connectivity index (χ4v) is 1.74. The third-order valence-corrected chi connectivity index (χ3v) is 3.51. The van der Waals surface area contributed by atoms with E-state index in [1.807, 2.05) is 0 Å². The van der Waals surface area contributed by atoms with Gasteiger partial charge in [-0.25, -0.2) is 0 Å². The Morgan fingerprint density at radius 2 is 1.67 bits per heavy atom. The van der Waals surface area contributed by atoms with Gasteiger partial charge in [0.05, 0.1) is 0 Å². The van der Waals surface area contributed by atoms with Crippen LogP contribution in [0.1, 0.15) is 60.8 Å². The van der Waals surface area contributed by atoms with E-state index in [0.717, 1.165) is 24.9 Å². The average molecular weight is 213 g/mol. The summed E-state index contributed by atoms with van der Waals surface area (Å²) >= 11 is 0. The van der Waals surface area contributed by atoms with Crippen molar-refractivity contribution in [3.05, 3.63) is 0 Å². The first kappa shape index (κ1) is 15.0. The van der Waals surface area contributed by atoms with Crippen LogP contribution in [0.4, 0.5) is 0 Å². The highest BCUT2D eigenvalue weighted by atomic mass is 14.9. The molecular weight excluding hydrogens is 182 g/mol. The fraction of sp³-hybridized carbons (Fsp3) is 1.00. The van der Waals surface area contributed by atoms with E-state index >= 15 is 0 Å². The highest BCUT2D eigenvalue weighted by molar-refractivity contribution is 4.76. The Morgan fingerprint density at radius 1 is 1.07 bits per heavy atom. The first-order chi connectivity index (χ1) is 6.90. The van der Waals surface area contributed by atoms with E-state index < -0.39 is 0 Å². The minimum absolute atomic E-state index is 0.486. The zero-order chi connectivity index (χ0) is 11.9. The molecule has 0 aromatic carbocycles. The third kappa shape index (κ3) is 6.94. The SMILES string of the molecule is CCCCC(C)(C)C(C)CNCC(C)C. The van der Waals surface area contributed by atoms with E-state index in [0.29, 0.717) is 5.41 Å². The van der Waals surface area contributed by atoms with Gasteiger partial charge in [-0.3, -0.25) is 0 Å². The van der Waals surface area contributed by atoms with Crippen LogP contribution in [0.5, 0.6) is 0 Å². The molecule has 0 radical (unpaired) electrons. The number of nitrogens with one attached hydrogen (secondary N) is 1. The normalized spacial score (nSPS) is 14.6. The lowest BCUT2D eigenvalue weighted by atomic mass is 9.76. The second-order valence-electron chi connectivity index (χ2n) is 6.05. The van der Waals surface area contributed by atoms with Crippen molar-refractivity contribution in [1.82, 2.24) is 5.32 Å². The van der Waals surface area contributed by atoms with Crippen molar-refractivity contribution >= 4 is 0 Å². The molecule has 0 aliphatic heterocycles. The number of hydrogen-bond acceptors (Lipinski definition) is 1.